The van der Waals surface area contributed by atoms with Crippen molar-refractivity contribution in [2.45, 2.75) is 26.2 Å². The molecule has 2 aliphatic heterocycles. The Hall–Kier alpha value is -14.5. The standard InChI is InChI=1S/C110H75BN4/c1-110(2,3)82-66-101-107-102(67-82)115(109-91(74-38-18-8-19-39-74)64-81(71-32-12-5-13-33-71)65-92(109)75-40-20-9-21-41-75)100-69-84(113-97-60-52-78-44-24-28-48-87(78)105(97)106-88-49-29-25-45-79(88)53-61-98(106)113)55-57-94(100)111(107)93-56-54-83(112-95-58-50-76-42-22-26-46-85(76)103(95)104-86-47-27-23-43-77(86)51-59-96(104)112)68-99(93)114(101)108-89(72-34-14-6-15-35-72)62-80(70-30-10-4-11-31-70)63-90(108)73-36-16-7-17-37-73/h4-69H,1-3H3. The first kappa shape index (κ1) is 66.3. The van der Waals surface area contributed by atoms with Gasteiger partial charge in [0.2, 0.25) is 0 Å². The molecule has 0 atom stereocenters. The van der Waals surface area contributed by atoms with Gasteiger partial charge in [0.15, 0.2) is 0 Å². The highest BCUT2D eigenvalue weighted by atomic mass is 15.2. The number of hydrogen-bond donors (Lipinski definition) is 0. The van der Waals surface area contributed by atoms with Crippen molar-refractivity contribution in [1.29, 1.82) is 0 Å². The van der Waals surface area contributed by atoms with Crippen LogP contribution in [0, 0.1) is 0 Å². The van der Waals surface area contributed by atoms with Crippen LogP contribution in [0.15, 0.2) is 400 Å². The largest absolute Gasteiger partial charge is 0.310 e. The van der Waals surface area contributed by atoms with Gasteiger partial charge in [-0.3, -0.25) is 0 Å². The first-order valence-electron chi connectivity index (χ1n) is 40.2. The molecule has 0 amide bonds. The maximum atomic E-state index is 2.74. The Morgan fingerprint density at radius 2 is 0.496 bits per heavy atom. The predicted molar refractivity (Wildman–Crippen MR) is 490 cm³/mol. The van der Waals surface area contributed by atoms with Crippen molar-refractivity contribution >= 4 is 144 Å². The van der Waals surface area contributed by atoms with Crippen LogP contribution in [0.2, 0.25) is 0 Å². The molecule has 4 nitrogen and oxygen atoms in total. The summed E-state index contributed by atoms with van der Waals surface area (Å²) >= 11 is 0. The van der Waals surface area contributed by atoms with Crippen molar-refractivity contribution < 1.29 is 0 Å². The Labute approximate surface area is 668 Å². The number of aromatic nitrogens is 2. The van der Waals surface area contributed by atoms with Crippen molar-refractivity contribution in [3.63, 3.8) is 0 Å². The lowest BCUT2D eigenvalue weighted by molar-refractivity contribution is 0.590. The molecule has 0 saturated heterocycles. The van der Waals surface area contributed by atoms with Crippen LogP contribution in [-0.2, 0) is 5.41 Å². The summed E-state index contributed by atoms with van der Waals surface area (Å²) in [5, 5.41) is 14.8. The van der Waals surface area contributed by atoms with Gasteiger partial charge in [-0.05, 0) is 200 Å². The summed E-state index contributed by atoms with van der Waals surface area (Å²) < 4.78 is 5.14. The minimum Gasteiger partial charge on any atom is -0.310 e. The van der Waals surface area contributed by atoms with E-state index in [9.17, 15) is 0 Å². The average Bonchev–Trinajstić information content (AvgIpc) is 0.875. The molecule has 0 unspecified atom stereocenters. The molecule has 0 radical (unpaired) electrons. The van der Waals surface area contributed by atoms with Gasteiger partial charge in [-0.2, -0.15) is 0 Å². The predicted octanol–water partition coefficient (Wildman–Crippen LogP) is 27.9. The fourth-order valence-corrected chi connectivity index (χ4v) is 19.5. The van der Waals surface area contributed by atoms with Gasteiger partial charge in [-0.25, -0.2) is 0 Å². The Bertz CT molecular complexity index is 6800. The first-order valence-corrected chi connectivity index (χ1v) is 40.2. The fourth-order valence-electron chi connectivity index (χ4n) is 19.5. The van der Waals surface area contributed by atoms with Crippen molar-refractivity contribution in [3.8, 4) is 78.1 Å². The number of anilines is 6. The molecular weight excluding hydrogens is 1390 g/mol. The van der Waals surface area contributed by atoms with E-state index in [0.29, 0.717) is 0 Å². The van der Waals surface area contributed by atoms with Crippen LogP contribution < -0.4 is 26.2 Å². The van der Waals surface area contributed by atoms with Crippen molar-refractivity contribution in [1.82, 2.24) is 9.13 Å². The topological polar surface area (TPSA) is 16.3 Å². The van der Waals surface area contributed by atoms with E-state index in [1.165, 1.54) is 86.6 Å². The SMILES string of the molecule is CC(C)(C)c1cc2c3c(c1)N(c1c(-c4ccccc4)cc(-c4ccccc4)cc1-c1ccccc1)c1cc(-n4c5ccc6ccccc6c5c5c6ccccc6ccc54)ccc1B3c1ccc(-n3c4ccc5ccccc5c4c4c5ccccc5ccc43)cc1N2c1c(-c2ccccc2)cc(-c2ccccc2)cc1-c1ccccc1. The molecule has 23 rings (SSSR count). The molecule has 5 heteroatoms. The second kappa shape index (κ2) is 26.0. The summed E-state index contributed by atoms with van der Waals surface area (Å²) in [6, 6.07) is 151. The molecule has 0 N–H and O–H groups in total. The smallest absolute Gasteiger partial charge is 0.252 e. The third-order valence-corrected chi connectivity index (χ3v) is 24.7. The molecule has 0 aliphatic carbocycles. The zero-order valence-corrected chi connectivity index (χ0v) is 64.0. The number of hydrogen-bond acceptors (Lipinski definition) is 2. The molecular formula is C110H75BN4. The third-order valence-electron chi connectivity index (χ3n) is 24.7. The molecule has 2 aromatic heterocycles. The van der Waals surface area contributed by atoms with E-state index in [1.807, 2.05) is 0 Å². The van der Waals surface area contributed by atoms with Crippen LogP contribution >= 0.6 is 0 Å². The Kier molecular flexibility index (Phi) is 15.0. The second-order valence-electron chi connectivity index (χ2n) is 32.2. The molecule has 0 saturated carbocycles. The lowest BCUT2D eigenvalue weighted by atomic mass is 9.33. The van der Waals surface area contributed by atoms with E-state index >= 15 is 0 Å². The van der Waals surface area contributed by atoms with Gasteiger partial charge in [0, 0.05) is 77.9 Å². The summed E-state index contributed by atoms with van der Waals surface area (Å²) in [5.74, 6) is 0. The highest BCUT2D eigenvalue weighted by Crippen LogP contribution is 2.56. The molecule has 21 aromatic rings. The summed E-state index contributed by atoms with van der Waals surface area (Å²) in [5.41, 5.74) is 31.5. The highest BCUT2D eigenvalue weighted by Gasteiger charge is 2.47. The van der Waals surface area contributed by atoms with Gasteiger partial charge in [-0.1, -0.05) is 336 Å². The molecule has 4 heterocycles. The van der Waals surface area contributed by atoms with Crippen LogP contribution in [0.4, 0.5) is 34.1 Å². The van der Waals surface area contributed by atoms with Gasteiger partial charge in [0.25, 0.3) is 6.71 Å². The van der Waals surface area contributed by atoms with Gasteiger partial charge >= 0.3 is 0 Å². The number of fused-ring (bicyclic) bond motifs is 18. The molecule has 0 bridgehead atoms. The zero-order valence-electron chi connectivity index (χ0n) is 64.0. The van der Waals surface area contributed by atoms with Gasteiger partial charge < -0.3 is 18.9 Å². The van der Waals surface area contributed by atoms with Crippen LogP contribution in [0.3, 0.4) is 0 Å². The normalized spacial score (nSPS) is 12.6. The Morgan fingerprint density at radius 3 is 0.783 bits per heavy atom. The average molecular weight is 1460 g/mol. The summed E-state index contributed by atoms with van der Waals surface area (Å²) in [4.78, 5) is 5.47. The van der Waals surface area contributed by atoms with Gasteiger partial charge in [-0.15, -0.1) is 0 Å². The maximum Gasteiger partial charge on any atom is 0.252 e. The van der Waals surface area contributed by atoms with E-state index in [2.05, 4.69) is 440 Å². The van der Waals surface area contributed by atoms with Crippen LogP contribution in [-0.4, -0.2) is 15.8 Å². The quantitative estimate of drug-likeness (QED) is 0.127. The number of nitrogens with zero attached hydrogens (tertiary/aromatic N) is 4. The molecule has 2 aliphatic rings. The zero-order chi connectivity index (χ0) is 76.1. The summed E-state index contributed by atoms with van der Waals surface area (Å²) in [6.45, 7) is 6.91. The first-order chi connectivity index (χ1) is 56.7. The fraction of sp³-hybridized carbons (Fsp3) is 0.0364. The third kappa shape index (κ3) is 10.4. The monoisotopic (exact) mass is 1460 g/mol. The van der Waals surface area contributed by atoms with Gasteiger partial charge in [0.05, 0.1) is 33.4 Å². The van der Waals surface area contributed by atoms with Crippen molar-refractivity contribution in [2.75, 3.05) is 9.80 Å². The van der Waals surface area contributed by atoms with Gasteiger partial charge in [0.1, 0.15) is 0 Å². The van der Waals surface area contributed by atoms with Crippen LogP contribution in [0.1, 0.15) is 26.3 Å². The maximum absolute atomic E-state index is 2.74. The lowest BCUT2D eigenvalue weighted by Crippen LogP contribution is -2.61. The summed E-state index contributed by atoms with van der Waals surface area (Å²) in [6.07, 6.45) is 0. The Morgan fingerprint density at radius 1 is 0.226 bits per heavy atom. The minimum absolute atomic E-state index is 0.301. The molecule has 0 spiro atoms. The molecule has 0 fully saturated rings. The second-order valence-corrected chi connectivity index (χ2v) is 32.2. The minimum atomic E-state index is -0.380. The molecule has 538 valence electrons. The van der Waals surface area contributed by atoms with E-state index in [1.54, 1.807) is 0 Å². The van der Waals surface area contributed by atoms with E-state index in [4.69, 9.17) is 0 Å². The van der Waals surface area contributed by atoms with Crippen LogP contribution in [0.25, 0.3) is 165 Å². The van der Waals surface area contributed by atoms with E-state index in [0.717, 1.165) is 134 Å². The van der Waals surface area contributed by atoms with Crippen molar-refractivity contribution in [3.05, 3.63) is 406 Å². The molecule has 115 heavy (non-hydrogen) atoms. The molecule has 19 aromatic carbocycles. The van der Waals surface area contributed by atoms with E-state index < -0.39 is 0 Å². The van der Waals surface area contributed by atoms with Crippen molar-refractivity contribution in [2.24, 2.45) is 0 Å². The summed E-state index contributed by atoms with van der Waals surface area (Å²) in [7, 11) is 0. The van der Waals surface area contributed by atoms with Crippen LogP contribution in [0.5, 0.6) is 0 Å². The lowest BCUT2D eigenvalue weighted by Gasteiger charge is -2.46. The highest BCUT2D eigenvalue weighted by molar-refractivity contribution is 7.00. The van der Waals surface area contributed by atoms with E-state index in [-0.39, 0.29) is 12.1 Å². The number of benzene rings is 19. The number of rotatable bonds is 10. The Balaban J connectivity index is 0.901.